The number of carboxylic acids is 1. The molecule has 0 unspecified atom stereocenters. The van der Waals surface area contributed by atoms with Gasteiger partial charge in [0.25, 0.3) is 0 Å². The molecule has 1 rings (SSSR count). The van der Waals surface area contributed by atoms with Gasteiger partial charge in [-0.15, -0.1) is 0 Å². The third-order valence-electron chi connectivity index (χ3n) is 3.70. The van der Waals surface area contributed by atoms with Crippen molar-refractivity contribution >= 4 is 11.9 Å². The van der Waals surface area contributed by atoms with Gasteiger partial charge in [-0.05, 0) is 31.1 Å². The van der Waals surface area contributed by atoms with E-state index in [1.165, 1.54) is 0 Å². The molecule has 0 aliphatic carbocycles. The van der Waals surface area contributed by atoms with Crippen molar-refractivity contribution in [2.45, 2.75) is 45.6 Å². The molecule has 3 N–H and O–H groups in total. The van der Waals surface area contributed by atoms with Gasteiger partial charge < -0.3 is 15.7 Å². The highest BCUT2D eigenvalue weighted by Crippen LogP contribution is 2.22. The Morgan fingerprint density at radius 3 is 2.33 bits per heavy atom. The molecule has 18 heavy (non-hydrogen) atoms. The molecular formula is C13H24N2O3. The van der Waals surface area contributed by atoms with E-state index in [9.17, 15) is 9.59 Å². The Labute approximate surface area is 108 Å². The molecule has 1 aliphatic rings. The summed E-state index contributed by atoms with van der Waals surface area (Å²) < 4.78 is 0. The average Bonchev–Trinajstić information content (AvgIpc) is 2.35. The second-order valence-electron chi connectivity index (χ2n) is 5.47. The van der Waals surface area contributed by atoms with E-state index in [1.54, 1.807) is 0 Å². The van der Waals surface area contributed by atoms with Crippen molar-refractivity contribution in [3.05, 3.63) is 0 Å². The van der Waals surface area contributed by atoms with Crippen LogP contribution in [0.5, 0.6) is 0 Å². The maximum Gasteiger partial charge on any atom is 0.303 e. The molecule has 1 heterocycles. The number of hydrogen-bond acceptors (Lipinski definition) is 3. The molecule has 0 aromatic carbocycles. The Kier molecular flexibility index (Phi) is 5.59. The molecule has 0 saturated carbocycles. The SMILES string of the molecule is CC(C)[C@H](N)C(=O)N1CCC(CCC(=O)O)CC1. The number of likely N-dealkylation sites (tertiary alicyclic amines) is 1. The molecule has 1 saturated heterocycles. The molecule has 0 radical (unpaired) electrons. The maximum atomic E-state index is 12.0. The lowest BCUT2D eigenvalue weighted by atomic mass is 9.91. The fraction of sp³-hybridized carbons (Fsp3) is 0.846. The highest BCUT2D eigenvalue weighted by atomic mass is 16.4. The maximum absolute atomic E-state index is 12.0. The molecule has 5 nitrogen and oxygen atoms in total. The molecule has 0 aromatic heterocycles. The van der Waals surface area contributed by atoms with Gasteiger partial charge in [-0.1, -0.05) is 13.8 Å². The van der Waals surface area contributed by atoms with Gasteiger partial charge in [0.2, 0.25) is 5.91 Å². The number of carbonyl (C=O) groups is 2. The fourth-order valence-electron chi connectivity index (χ4n) is 2.27. The second-order valence-corrected chi connectivity index (χ2v) is 5.47. The number of amides is 1. The van der Waals surface area contributed by atoms with E-state index in [-0.39, 0.29) is 18.2 Å². The van der Waals surface area contributed by atoms with Crippen molar-refractivity contribution < 1.29 is 14.7 Å². The summed E-state index contributed by atoms with van der Waals surface area (Å²) in [4.78, 5) is 24.3. The van der Waals surface area contributed by atoms with E-state index >= 15 is 0 Å². The Morgan fingerprint density at radius 1 is 1.33 bits per heavy atom. The van der Waals surface area contributed by atoms with Crippen LogP contribution in [0, 0.1) is 11.8 Å². The molecule has 104 valence electrons. The van der Waals surface area contributed by atoms with E-state index in [0.29, 0.717) is 25.4 Å². The number of piperidine rings is 1. The zero-order valence-corrected chi connectivity index (χ0v) is 11.3. The Morgan fingerprint density at radius 2 is 1.89 bits per heavy atom. The first-order valence-corrected chi connectivity index (χ1v) is 6.68. The van der Waals surface area contributed by atoms with Crippen LogP contribution in [-0.2, 0) is 9.59 Å². The molecule has 1 atom stereocenters. The van der Waals surface area contributed by atoms with Crippen LogP contribution in [0.4, 0.5) is 0 Å². The van der Waals surface area contributed by atoms with Crippen molar-refractivity contribution in [3.8, 4) is 0 Å². The van der Waals surface area contributed by atoms with Crippen LogP contribution in [0.2, 0.25) is 0 Å². The summed E-state index contributed by atoms with van der Waals surface area (Å²) >= 11 is 0. The monoisotopic (exact) mass is 256 g/mol. The lowest BCUT2D eigenvalue weighted by Gasteiger charge is -2.34. The quantitative estimate of drug-likeness (QED) is 0.770. The van der Waals surface area contributed by atoms with Crippen molar-refractivity contribution in [3.63, 3.8) is 0 Å². The first kappa shape index (κ1) is 15.0. The first-order chi connectivity index (χ1) is 8.41. The zero-order valence-electron chi connectivity index (χ0n) is 11.3. The smallest absolute Gasteiger partial charge is 0.303 e. The summed E-state index contributed by atoms with van der Waals surface area (Å²) in [5.74, 6) is -0.125. The van der Waals surface area contributed by atoms with E-state index in [1.807, 2.05) is 18.7 Å². The van der Waals surface area contributed by atoms with Gasteiger partial charge in [-0.2, -0.15) is 0 Å². The largest absolute Gasteiger partial charge is 0.481 e. The van der Waals surface area contributed by atoms with Crippen LogP contribution in [0.1, 0.15) is 39.5 Å². The summed E-state index contributed by atoms with van der Waals surface area (Å²) in [6.07, 6.45) is 2.73. The van der Waals surface area contributed by atoms with E-state index < -0.39 is 12.0 Å². The lowest BCUT2D eigenvalue weighted by molar-refractivity contribution is -0.138. The topological polar surface area (TPSA) is 83.6 Å². The third-order valence-corrected chi connectivity index (χ3v) is 3.70. The summed E-state index contributed by atoms with van der Waals surface area (Å²) in [7, 11) is 0. The van der Waals surface area contributed by atoms with E-state index in [2.05, 4.69) is 0 Å². The highest BCUT2D eigenvalue weighted by molar-refractivity contribution is 5.82. The zero-order chi connectivity index (χ0) is 13.7. The van der Waals surface area contributed by atoms with Crippen molar-refractivity contribution in [1.82, 2.24) is 4.90 Å². The highest BCUT2D eigenvalue weighted by Gasteiger charge is 2.27. The second kappa shape index (κ2) is 6.73. The van der Waals surface area contributed by atoms with Crippen LogP contribution in [0.25, 0.3) is 0 Å². The van der Waals surface area contributed by atoms with Gasteiger partial charge in [-0.3, -0.25) is 9.59 Å². The summed E-state index contributed by atoms with van der Waals surface area (Å²) in [5.41, 5.74) is 5.85. The van der Waals surface area contributed by atoms with Gasteiger partial charge in [0, 0.05) is 19.5 Å². The number of rotatable bonds is 5. The van der Waals surface area contributed by atoms with E-state index in [4.69, 9.17) is 10.8 Å². The molecule has 0 bridgehead atoms. The number of hydrogen-bond donors (Lipinski definition) is 2. The van der Waals surface area contributed by atoms with Crippen LogP contribution in [-0.4, -0.2) is 41.0 Å². The van der Waals surface area contributed by atoms with Crippen LogP contribution >= 0.6 is 0 Å². The van der Waals surface area contributed by atoms with Gasteiger partial charge in [0.05, 0.1) is 6.04 Å². The predicted octanol–water partition coefficient (Wildman–Crippen LogP) is 1.07. The minimum absolute atomic E-state index is 0.0293. The molecule has 1 aliphatic heterocycles. The molecule has 1 fully saturated rings. The Bertz CT molecular complexity index is 297. The van der Waals surface area contributed by atoms with Crippen LogP contribution in [0.15, 0.2) is 0 Å². The van der Waals surface area contributed by atoms with Gasteiger partial charge in [-0.25, -0.2) is 0 Å². The minimum Gasteiger partial charge on any atom is -0.481 e. The number of nitrogens with zero attached hydrogens (tertiary/aromatic N) is 1. The van der Waals surface area contributed by atoms with Gasteiger partial charge in [0.1, 0.15) is 0 Å². The van der Waals surface area contributed by atoms with Gasteiger partial charge >= 0.3 is 5.97 Å². The minimum atomic E-state index is -0.740. The Hall–Kier alpha value is -1.10. The standard InChI is InChI=1S/C13H24N2O3/c1-9(2)12(14)13(18)15-7-5-10(6-8-15)3-4-11(16)17/h9-10,12H,3-8,14H2,1-2H3,(H,16,17)/t12-/m0/s1. The van der Waals surface area contributed by atoms with Crippen LogP contribution < -0.4 is 5.73 Å². The third kappa shape index (κ3) is 4.29. The average molecular weight is 256 g/mol. The number of carbonyl (C=O) groups excluding carboxylic acids is 1. The Balaban J connectivity index is 2.35. The summed E-state index contributed by atoms with van der Waals surface area (Å²) in [6, 6.07) is -0.416. The van der Waals surface area contributed by atoms with Crippen molar-refractivity contribution in [2.75, 3.05) is 13.1 Å². The normalized spacial score (nSPS) is 19.0. The number of carboxylic acid groups (broad SMARTS) is 1. The lowest BCUT2D eigenvalue weighted by Crippen LogP contribution is -2.49. The summed E-state index contributed by atoms with van der Waals surface area (Å²) in [6.45, 7) is 5.32. The molecule has 0 aromatic rings. The number of aliphatic carboxylic acids is 1. The first-order valence-electron chi connectivity index (χ1n) is 6.68. The molecule has 5 heteroatoms. The molecular weight excluding hydrogens is 232 g/mol. The number of nitrogens with two attached hydrogens (primary N) is 1. The molecule has 0 spiro atoms. The molecule has 1 amide bonds. The fourth-order valence-corrected chi connectivity index (χ4v) is 2.27. The van der Waals surface area contributed by atoms with Crippen molar-refractivity contribution in [2.24, 2.45) is 17.6 Å². The van der Waals surface area contributed by atoms with Crippen LogP contribution in [0.3, 0.4) is 0 Å². The van der Waals surface area contributed by atoms with Gasteiger partial charge in [0.15, 0.2) is 0 Å². The van der Waals surface area contributed by atoms with Crippen molar-refractivity contribution in [1.29, 1.82) is 0 Å². The summed E-state index contributed by atoms with van der Waals surface area (Å²) in [5, 5.41) is 8.64. The van der Waals surface area contributed by atoms with E-state index in [0.717, 1.165) is 12.8 Å². The predicted molar refractivity (Wildman–Crippen MR) is 69.0 cm³/mol.